The van der Waals surface area contributed by atoms with E-state index in [4.69, 9.17) is 14.7 Å². The van der Waals surface area contributed by atoms with E-state index in [0.29, 0.717) is 25.1 Å². The minimum atomic E-state index is -0.341. The molecule has 38 heavy (non-hydrogen) atoms. The second kappa shape index (κ2) is 9.76. The van der Waals surface area contributed by atoms with Crippen LogP contribution in [0.2, 0.25) is 0 Å². The molecule has 1 saturated carbocycles. The van der Waals surface area contributed by atoms with Gasteiger partial charge >= 0.3 is 0 Å². The lowest BCUT2D eigenvalue weighted by Crippen LogP contribution is -2.21. The number of imidazole rings is 1. The van der Waals surface area contributed by atoms with Gasteiger partial charge in [0.15, 0.2) is 5.65 Å². The Morgan fingerprint density at radius 1 is 0.947 bits per heavy atom. The highest BCUT2D eigenvalue weighted by molar-refractivity contribution is 5.96. The van der Waals surface area contributed by atoms with Gasteiger partial charge in [0.2, 0.25) is 5.88 Å². The van der Waals surface area contributed by atoms with Crippen molar-refractivity contribution in [2.45, 2.75) is 57.3 Å². The van der Waals surface area contributed by atoms with Crippen LogP contribution in [-0.2, 0) is 6.61 Å². The number of aromatic nitrogens is 5. The lowest BCUT2D eigenvalue weighted by atomic mass is 9.95. The Labute approximate surface area is 221 Å². The number of nitrogens with zero attached hydrogens (tertiary/aromatic N) is 6. The molecule has 1 saturated heterocycles. The quantitative estimate of drug-likeness (QED) is 0.330. The first-order valence-electron chi connectivity index (χ1n) is 13.7. The Morgan fingerprint density at radius 3 is 2.63 bits per heavy atom. The summed E-state index contributed by atoms with van der Waals surface area (Å²) in [6.45, 7) is 1.78. The van der Waals surface area contributed by atoms with Gasteiger partial charge in [-0.05, 0) is 43.0 Å². The number of aliphatic hydroxyl groups is 1. The number of benzene rings is 2. The molecule has 0 spiro atoms. The van der Waals surface area contributed by atoms with E-state index in [9.17, 15) is 5.11 Å². The highest BCUT2D eigenvalue weighted by Crippen LogP contribution is 2.38. The molecule has 2 fully saturated rings. The van der Waals surface area contributed by atoms with E-state index in [1.165, 1.54) is 37.6 Å². The van der Waals surface area contributed by atoms with Crippen molar-refractivity contribution in [3.05, 3.63) is 72.9 Å². The number of β-amino-alcohol motifs (C(OH)–C–C–N with tert-alkyl or cyclic N) is 1. The second-order valence-electron chi connectivity index (χ2n) is 10.5. The van der Waals surface area contributed by atoms with Crippen LogP contribution in [-0.4, -0.2) is 48.4 Å². The van der Waals surface area contributed by atoms with Gasteiger partial charge in [0.1, 0.15) is 18.3 Å². The molecule has 2 aliphatic rings. The van der Waals surface area contributed by atoms with Gasteiger partial charge in [-0.15, -0.1) is 0 Å². The van der Waals surface area contributed by atoms with Gasteiger partial charge in [0.25, 0.3) is 0 Å². The zero-order valence-electron chi connectivity index (χ0n) is 21.4. The summed E-state index contributed by atoms with van der Waals surface area (Å²) in [6.07, 6.45) is 12.4. The Morgan fingerprint density at radius 2 is 1.82 bits per heavy atom. The number of fused-ring (bicyclic) bond motifs is 2. The fourth-order valence-corrected chi connectivity index (χ4v) is 6.07. The number of aliphatic hydroxyl groups excluding tert-OH is 1. The summed E-state index contributed by atoms with van der Waals surface area (Å²) in [5, 5.41) is 11.2. The van der Waals surface area contributed by atoms with Crippen molar-refractivity contribution in [2.24, 2.45) is 0 Å². The van der Waals surface area contributed by atoms with Gasteiger partial charge in [0.05, 0.1) is 29.2 Å². The van der Waals surface area contributed by atoms with Crippen LogP contribution in [0.1, 0.15) is 50.1 Å². The lowest BCUT2D eigenvalue weighted by Gasteiger charge is -2.23. The number of rotatable bonds is 6. The van der Waals surface area contributed by atoms with Crippen molar-refractivity contribution in [3.8, 4) is 11.6 Å². The van der Waals surface area contributed by atoms with Crippen molar-refractivity contribution in [1.82, 2.24) is 24.1 Å². The molecule has 1 unspecified atom stereocenters. The maximum absolute atomic E-state index is 10.3. The predicted octanol–water partition coefficient (Wildman–Crippen LogP) is 5.43. The van der Waals surface area contributed by atoms with Crippen LogP contribution in [0.25, 0.3) is 27.8 Å². The van der Waals surface area contributed by atoms with E-state index in [1.807, 2.05) is 36.7 Å². The summed E-state index contributed by atoms with van der Waals surface area (Å²) in [5.41, 5.74) is 6.01. The summed E-state index contributed by atoms with van der Waals surface area (Å²) in [6, 6.07) is 17.1. The van der Waals surface area contributed by atoms with Gasteiger partial charge in [-0.1, -0.05) is 49.6 Å². The molecule has 0 amide bonds. The molecule has 5 aromatic rings. The van der Waals surface area contributed by atoms with E-state index in [-0.39, 0.29) is 6.10 Å². The molecule has 8 nitrogen and oxygen atoms in total. The van der Waals surface area contributed by atoms with Crippen LogP contribution in [0, 0.1) is 0 Å². The van der Waals surface area contributed by atoms with E-state index in [2.05, 4.69) is 43.4 Å². The molecule has 4 heterocycles. The molecule has 3 aromatic heterocycles. The summed E-state index contributed by atoms with van der Waals surface area (Å²) in [4.78, 5) is 16.2. The van der Waals surface area contributed by atoms with Crippen LogP contribution >= 0.6 is 0 Å². The molecular formula is C30H32N6O2. The minimum absolute atomic E-state index is 0.341. The van der Waals surface area contributed by atoms with Gasteiger partial charge in [0, 0.05) is 31.0 Å². The van der Waals surface area contributed by atoms with Crippen LogP contribution in [0.5, 0.6) is 5.88 Å². The zero-order chi connectivity index (χ0) is 25.5. The average molecular weight is 509 g/mol. The standard InChI is InChI=1S/C30H32N6O2/c37-24-13-14-34(16-24)27-17-35(29-28(27)30(32-19-31-29)38-18-21-7-3-1-4-8-21)23-11-12-26-25(15-23)33-20-36(26)22-9-5-2-6-10-22/h1,3-4,7-8,11-12,15,17,19-20,22,24,37H,2,5-6,9-10,13-14,16,18H2. The van der Waals surface area contributed by atoms with E-state index >= 15 is 0 Å². The molecule has 1 N–H and O–H groups in total. The lowest BCUT2D eigenvalue weighted by molar-refractivity contribution is 0.198. The van der Waals surface area contributed by atoms with Crippen LogP contribution < -0.4 is 9.64 Å². The van der Waals surface area contributed by atoms with Crippen molar-refractivity contribution >= 4 is 27.8 Å². The highest BCUT2D eigenvalue weighted by atomic mass is 16.5. The first-order valence-corrected chi connectivity index (χ1v) is 13.7. The summed E-state index contributed by atoms with van der Waals surface area (Å²) < 4.78 is 10.7. The third kappa shape index (κ3) is 4.19. The monoisotopic (exact) mass is 508 g/mol. The van der Waals surface area contributed by atoms with Crippen LogP contribution in [0.15, 0.2) is 67.4 Å². The number of hydrogen-bond acceptors (Lipinski definition) is 6. The van der Waals surface area contributed by atoms with Crippen LogP contribution in [0.4, 0.5) is 5.69 Å². The van der Waals surface area contributed by atoms with E-state index < -0.39 is 0 Å². The maximum Gasteiger partial charge on any atom is 0.228 e. The molecule has 8 heteroatoms. The smallest absolute Gasteiger partial charge is 0.228 e. The molecule has 0 bridgehead atoms. The molecule has 0 radical (unpaired) electrons. The Hall–Kier alpha value is -3.91. The van der Waals surface area contributed by atoms with Gasteiger partial charge in [-0.25, -0.2) is 15.0 Å². The van der Waals surface area contributed by atoms with Crippen molar-refractivity contribution in [1.29, 1.82) is 0 Å². The van der Waals surface area contributed by atoms with Crippen molar-refractivity contribution < 1.29 is 9.84 Å². The SMILES string of the molecule is OC1CCN(c2cn(-c3ccc4c(c3)ncn4C3CCCCC3)c3ncnc(OCc4ccccc4)c23)C1. The zero-order valence-corrected chi connectivity index (χ0v) is 21.4. The molecule has 7 rings (SSSR count). The average Bonchev–Trinajstić information content (AvgIpc) is 3.69. The third-order valence-electron chi connectivity index (χ3n) is 8.06. The van der Waals surface area contributed by atoms with Gasteiger partial charge in [-0.2, -0.15) is 0 Å². The molecule has 2 aromatic carbocycles. The van der Waals surface area contributed by atoms with E-state index in [0.717, 1.165) is 46.5 Å². The van der Waals surface area contributed by atoms with Gasteiger partial charge < -0.3 is 19.3 Å². The van der Waals surface area contributed by atoms with E-state index in [1.54, 1.807) is 6.33 Å². The van der Waals surface area contributed by atoms with Crippen molar-refractivity contribution in [3.63, 3.8) is 0 Å². The topological polar surface area (TPSA) is 81.2 Å². The van der Waals surface area contributed by atoms with Crippen molar-refractivity contribution in [2.75, 3.05) is 18.0 Å². The second-order valence-corrected chi connectivity index (χ2v) is 10.5. The Bertz CT molecular complexity index is 1570. The Kier molecular flexibility index (Phi) is 5.96. The molecule has 1 atom stereocenters. The summed E-state index contributed by atoms with van der Waals surface area (Å²) in [5.74, 6) is 0.552. The molecule has 1 aliphatic carbocycles. The van der Waals surface area contributed by atoms with Gasteiger partial charge in [-0.3, -0.25) is 4.57 Å². The first kappa shape index (κ1) is 23.2. The third-order valence-corrected chi connectivity index (χ3v) is 8.06. The normalized spacial score (nSPS) is 18.6. The highest BCUT2D eigenvalue weighted by Gasteiger charge is 2.27. The fourth-order valence-electron chi connectivity index (χ4n) is 6.07. The predicted molar refractivity (Wildman–Crippen MR) is 148 cm³/mol. The maximum atomic E-state index is 10.3. The first-order chi connectivity index (χ1) is 18.7. The molecular weight excluding hydrogens is 476 g/mol. The number of ether oxygens (including phenoxy) is 1. The summed E-state index contributed by atoms with van der Waals surface area (Å²) >= 11 is 0. The Balaban J connectivity index is 1.30. The fraction of sp³-hybridized carbons (Fsp3) is 0.367. The number of hydrogen-bond donors (Lipinski definition) is 1. The minimum Gasteiger partial charge on any atom is -0.472 e. The summed E-state index contributed by atoms with van der Waals surface area (Å²) in [7, 11) is 0. The molecule has 194 valence electrons. The largest absolute Gasteiger partial charge is 0.472 e. The molecule has 1 aliphatic heterocycles. The number of anilines is 1. The van der Waals surface area contributed by atoms with Crippen LogP contribution in [0.3, 0.4) is 0 Å².